The molecule has 2 aromatic rings. The van der Waals surface area contributed by atoms with Crippen molar-refractivity contribution >= 4 is 47.7 Å². The summed E-state index contributed by atoms with van der Waals surface area (Å²) in [6.07, 6.45) is 2.80. The maximum Gasteiger partial charge on any atom is 0.224 e. The van der Waals surface area contributed by atoms with E-state index in [2.05, 4.69) is 15.3 Å². The highest BCUT2D eigenvalue weighted by atomic mass is 35.5. The van der Waals surface area contributed by atoms with E-state index in [9.17, 15) is 14.0 Å². The molecule has 0 saturated carbocycles. The minimum absolute atomic E-state index is 0. The van der Waals surface area contributed by atoms with Gasteiger partial charge in [0, 0.05) is 39.0 Å². The second-order valence-electron chi connectivity index (χ2n) is 7.20. The zero-order chi connectivity index (χ0) is 19.4. The van der Waals surface area contributed by atoms with E-state index in [0.717, 1.165) is 24.2 Å². The summed E-state index contributed by atoms with van der Waals surface area (Å²) in [4.78, 5) is 33.3. The van der Waals surface area contributed by atoms with Gasteiger partial charge in [-0.15, -0.1) is 24.8 Å². The van der Waals surface area contributed by atoms with Crippen LogP contribution in [0.2, 0.25) is 0 Å². The maximum atomic E-state index is 13.2. The van der Waals surface area contributed by atoms with Crippen LogP contribution in [0.4, 0.5) is 4.39 Å². The number of aryl methyl sites for hydroxylation is 1. The number of nitrogens with one attached hydrogen (secondary N) is 2. The zero-order valence-electron chi connectivity index (χ0n) is 16.3. The van der Waals surface area contributed by atoms with Crippen LogP contribution in [0.3, 0.4) is 0 Å². The molecular weight excluding hydrogens is 420 g/mol. The molecule has 0 unspecified atom stereocenters. The average Bonchev–Trinajstić information content (AvgIpc) is 2.91. The van der Waals surface area contributed by atoms with Crippen LogP contribution in [-0.4, -0.2) is 52.4 Å². The van der Waals surface area contributed by atoms with Crippen LogP contribution in [0, 0.1) is 11.7 Å². The van der Waals surface area contributed by atoms with Gasteiger partial charge < -0.3 is 20.9 Å². The van der Waals surface area contributed by atoms with Gasteiger partial charge >= 0.3 is 0 Å². The van der Waals surface area contributed by atoms with Crippen LogP contribution in [0.25, 0.3) is 11.0 Å². The van der Waals surface area contributed by atoms with Crippen molar-refractivity contribution in [2.45, 2.75) is 38.6 Å². The molecule has 162 valence electrons. The first-order valence-electron chi connectivity index (χ1n) is 9.35. The van der Waals surface area contributed by atoms with Gasteiger partial charge in [0.15, 0.2) is 0 Å². The predicted octanol–water partition coefficient (Wildman–Crippen LogP) is 2.18. The van der Waals surface area contributed by atoms with Crippen molar-refractivity contribution in [2.24, 2.45) is 11.7 Å². The first kappa shape index (κ1) is 25.1. The summed E-state index contributed by atoms with van der Waals surface area (Å²) in [6.45, 7) is 2.95. The van der Waals surface area contributed by atoms with Crippen molar-refractivity contribution in [2.75, 3.05) is 19.6 Å². The largest absolute Gasteiger partial charge is 0.356 e. The third-order valence-electron chi connectivity index (χ3n) is 4.98. The molecule has 1 saturated heterocycles. The molecule has 0 bridgehead atoms. The molecule has 2 amide bonds. The van der Waals surface area contributed by atoms with Crippen LogP contribution in [0.5, 0.6) is 0 Å². The number of likely N-dealkylation sites (tertiary alicyclic amines) is 1. The van der Waals surface area contributed by atoms with Crippen LogP contribution in [-0.2, 0) is 16.0 Å². The quantitative estimate of drug-likeness (QED) is 0.610. The number of aromatic nitrogens is 2. The van der Waals surface area contributed by atoms with Crippen LogP contribution >= 0.6 is 24.8 Å². The molecule has 2 atom stereocenters. The Balaban J connectivity index is 0.00000210. The first-order chi connectivity index (χ1) is 12.9. The summed E-state index contributed by atoms with van der Waals surface area (Å²) < 4.78 is 13.2. The number of aromatic amines is 1. The molecule has 7 nitrogen and oxygen atoms in total. The highest BCUT2D eigenvalue weighted by molar-refractivity contribution is 5.85. The second-order valence-corrected chi connectivity index (χ2v) is 7.20. The van der Waals surface area contributed by atoms with E-state index < -0.39 is 0 Å². The van der Waals surface area contributed by atoms with Gasteiger partial charge in [-0.05, 0) is 37.5 Å². The van der Waals surface area contributed by atoms with E-state index in [1.807, 2.05) is 0 Å². The molecule has 0 spiro atoms. The standard InChI is InChI=1S/C19H26FN5O2.2ClH/c1-12(26)25-10-13(4-6-15(21)11-25)19(27)22-8-2-3-18-23-16-7-5-14(20)9-17(16)24-18;;/h5,7,9,13,15H,2-4,6,8,10-11,21H2,1H3,(H,22,27)(H,23,24);2*1H/t13-,15+;;/m1../s1. The Hall–Kier alpha value is -1.90. The van der Waals surface area contributed by atoms with E-state index >= 15 is 0 Å². The Morgan fingerprint density at radius 1 is 1.31 bits per heavy atom. The normalized spacial score (nSPS) is 19.1. The third-order valence-corrected chi connectivity index (χ3v) is 4.98. The van der Waals surface area contributed by atoms with Gasteiger partial charge in [0.05, 0.1) is 17.0 Å². The minimum Gasteiger partial charge on any atom is -0.356 e. The lowest BCUT2D eigenvalue weighted by atomic mass is 10.0. The van der Waals surface area contributed by atoms with Gasteiger partial charge in [0.1, 0.15) is 11.6 Å². The number of benzene rings is 1. The summed E-state index contributed by atoms with van der Waals surface area (Å²) in [6, 6.07) is 4.37. The van der Waals surface area contributed by atoms with Gasteiger partial charge in [0.2, 0.25) is 11.8 Å². The number of H-pyrrole nitrogens is 1. The van der Waals surface area contributed by atoms with E-state index in [4.69, 9.17) is 5.73 Å². The number of carbonyl (C=O) groups excluding carboxylic acids is 2. The molecule has 4 N–H and O–H groups in total. The number of imidazole rings is 1. The van der Waals surface area contributed by atoms with E-state index in [-0.39, 0.29) is 54.4 Å². The topological polar surface area (TPSA) is 104 Å². The van der Waals surface area contributed by atoms with Crippen LogP contribution in [0.15, 0.2) is 18.2 Å². The number of fused-ring (bicyclic) bond motifs is 1. The molecule has 1 aliphatic rings. The van der Waals surface area contributed by atoms with Gasteiger partial charge in [-0.3, -0.25) is 9.59 Å². The van der Waals surface area contributed by atoms with Crippen molar-refractivity contribution in [1.29, 1.82) is 0 Å². The molecule has 3 rings (SSSR count). The smallest absolute Gasteiger partial charge is 0.224 e. The lowest BCUT2D eigenvalue weighted by Gasteiger charge is -2.23. The first-order valence-corrected chi connectivity index (χ1v) is 9.35. The highest BCUT2D eigenvalue weighted by Crippen LogP contribution is 2.17. The third kappa shape index (κ3) is 6.83. The summed E-state index contributed by atoms with van der Waals surface area (Å²) in [5.41, 5.74) is 7.40. The van der Waals surface area contributed by atoms with Gasteiger partial charge in [-0.25, -0.2) is 9.37 Å². The molecule has 2 heterocycles. The maximum absolute atomic E-state index is 13.2. The summed E-state index contributed by atoms with van der Waals surface area (Å²) in [5, 5.41) is 2.95. The lowest BCUT2D eigenvalue weighted by Crippen LogP contribution is -2.42. The number of nitrogens with zero attached hydrogens (tertiary/aromatic N) is 2. The molecule has 1 aliphatic heterocycles. The molecule has 29 heavy (non-hydrogen) atoms. The molecular formula is C19H28Cl2FN5O2. The summed E-state index contributed by atoms with van der Waals surface area (Å²) in [7, 11) is 0. The van der Waals surface area contributed by atoms with Crippen molar-refractivity contribution < 1.29 is 14.0 Å². The fourth-order valence-corrected chi connectivity index (χ4v) is 3.46. The predicted molar refractivity (Wildman–Crippen MR) is 115 cm³/mol. The second kappa shape index (κ2) is 11.3. The minimum atomic E-state index is -0.298. The molecule has 10 heteroatoms. The van der Waals surface area contributed by atoms with Gasteiger partial charge in [-0.2, -0.15) is 0 Å². The number of rotatable bonds is 5. The Morgan fingerprint density at radius 2 is 2.07 bits per heavy atom. The number of halogens is 3. The van der Waals surface area contributed by atoms with Crippen molar-refractivity contribution in [3.8, 4) is 0 Å². The van der Waals surface area contributed by atoms with Gasteiger partial charge in [0.25, 0.3) is 0 Å². The molecule has 1 aromatic heterocycles. The Kier molecular flexibility index (Phi) is 9.82. The molecule has 1 aromatic carbocycles. The fourth-order valence-electron chi connectivity index (χ4n) is 3.46. The number of carbonyl (C=O) groups is 2. The summed E-state index contributed by atoms with van der Waals surface area (Å²) in [5.74, 6) is 0.158. The Bertz CT molecular complexity index is 832. The molecule has 0 aliphatic carbocycles. The Labute approximate surface area is 181 Å². The highest BCUT2D eigenvalue weighted by Gasteiger charge is 2.28. The average molecular weight is 448 g/mol. The van der Waals surface area contributed by atoms with Gasteiger partial charge in [-0.1, -0.05) is 0 Å². The lowest BCUT2D eigenvalue weighted by molar-refractivity contribution is -0.131. The molecule has 1 fully saturated rings. The van der Waals surface area contributed by atoms with Crippen molar-refractivity contribution in [3.63, 3.8) is 0 Å². The number of nitrogens with two attached hydrogens (primary N) is 1. The zero-order valence-corrected chi connectivity index (χ0v) is 18.0. The fraction of sp³-hybridized carbons (Fsp3) is 0.526. The number of hydrogen-bond acceptors (Lipinski definition) is 4. The Morgan fingerprint density at radius 3 is 2.79 bits per heavy atom. The van der Waals surface area contributed by atoms with E-state index in [0.29, 0.717) is 38.0 Å². The van der Waals surface area contributed by atoms with E-state index in [1.165, 1.54) is 19.1 Å². The van der Waals surface area contributed by atoms with E-state index in [1.54, 1.807) is 11.0 Å². The van der Waals surface area contributed by atoms with Crippen LogP contribution in [0.1, 0.15) is 32.0 Å². The SMILES string of the molecule is CC(=O)N1C[C@@H](N)CC[C@@H](C(=O)NCCCc2nc3ccc(F)cc3[nH]2)C1.Cl.Cl. The summed E-state index contributed by atoms with van der Waals surface area (Å²) >= 11 is 0. The van der Waals surface area contributed by atoms with Crippen LogP contribution < -0.4 is 11.1 Å². The monoisotopic (exact) mass is 447 g/mol. The number of hydrogen-bond donors (Lipinski definition) is 3. The number of amides is 2. The molecule has 0 radical (unpaired) electrons. The van der Waals surface area contributed by atoms with Crippen molar-refractivity contribution in [1.82, 2.24) is 20.2 Å². The van der Waals surface area contributed by atoms with Crippen molar-refractivity contribution in [3.05, 3.63) is 29.8 Å².